The van der Waals surface area contributed by atoms with Crippen molar-refractivity contribution >= 4 is 17.3 Å². The van der Waals surface area contributed by atoms with E-state index in [0.717, 1.165) is 0 Å². The lowest BCUT2D eigenvalue weighted by Gasteiger charge is -2.06. The third-order valence-corrected chi connectivity index (χ3v) is 2.23. The summed E-state index contributed by atoms with van der Waals surface area (Å²) in [5.41, 5.74) is 5.94. The van der Waals surface area contributed by atoms with Crippen LogP contribution in [0, 0.1) is 24.1 Å². The molecular weight excluding hydrogens is 221 g/mol. The molecule has 86 valence electrons. The maximum Gasteiger partial charge on any atom is 0.173 e. The van der Waals surface area contributed by atoms with Crippen molar-refractivity contribution in [2.75, 3.05) is 11.1 Å². The van der Waals surface area contributed by atoms with Crippen LogP contribution in [0.5, 0.6) is 0 Å². The van der Waals surface area contributed by atoms with Gasteiger partial charge < -0.3 is 16.0 Å². The van der Waals surface area contributed by atoms with Crippen molar-refractivity contribution in [3.63, 3.8) is 0 Å². The number of benzene rings is 1. The van der Waals surface area contributed by atoms with Gasteiger partial charge in [0.05, 0.1) is 5.69 Å². The zero-order valence-electron chi connectivity index (χ0n) is 9.08. The number of aromatic nitrogens is 2. The van der Waals surface area contributed by atoms with E-state index in [0.29, 0.717) is 23.1 Å². The second-order valence-electron chi connectivity index (χ2n) is 3.48. The normalized spacial score (nSPS) is 9.94. The minimum atomic E-state index is -0.580. The van der Waals surface area contributed by atoms with Crippen LogP contribution >= 0.6 is 0 Å². The maximum atomic E-state index is 13.3. The fraction of sp³-hybridized carbons (Fsp3) is 0.0909. The number of anilines is 3. The van der Waals surface area contributed by atoms with Gasteiger partial charge in [0.2, 0.25) is 0 Å². The summed E-state index contributed by atoms with van der Waals surface area (Å²) < 4.78 is 13.3. The minimum Gasteiger partial charge on any atom is -0.382 e. The zero-order valence-corrected chi connectivity index (χ0v) is 9.08. The predicted molar refractivity (Wildman–Crippen MR) is 62.1 cm³/mol. The van der Waals surface area contributed by atoms with E-state index in [1.165, 1.54) is 12.1 Å². The maximum absolute atomic E-state index is 13.3. The lowest BCUT2D eigenvalue weighted by molar-refractivity contribution is 0.624. The smallest absolute Gasteiger partial charge is 0.173 e. The number of nitrogens with two attached hydrogens (primary N) is 1. The molecule has 17 heavy (non-hydrogen) atoms. The molecule has 0 unspecified atom stereocenters. The molecule has 1 aromatic heterocycles. The monoisotopic (exact) mass is 231 g/mol. The molecule has 0 saturated heterocycles. The Bertz CT molecular complexity index is 596. The molecule has 1 aromatic carbocycles. The third-order valence-electron chi connectivity index (χ3n) is 2.23. The van der Waals surface area contributed by atoms with Gasteiger partial charge in [-0.3, -0.25) is 0 Å². The summed E-state index contributed by atoms with van der Waals surface area (Å²) in [6.45, 7) is 1.75. The first-order valence-electron chi connectivity index (χ1n) is 4.89. The van der Waals surface area contributed by atoms with Gasteiger partial charge in [0.25, 0.3) is 0 Å². The van der Waals surface area contributed by atoms with Crippen molar-refractivity contribution in [1.29, 1.82) is 5.26 Å². The van der Waals surface area contributed by atoms with Crippen LogP contribution < -0.4 is 11.1 Å². The highest BCUT2D eigenvalue weighted by Crippen LogP contribution is 2.24. The average molecular weight is 231 g/mol. The second kappa shape index (κ2) is 4.14. The summed E-state index contributed by atoms with van der Waals surface area (Å²) in [6, 6.07) is 6.12. The van der Waals surface area contributed by atoms with Crippen LogP contribution in [-0.4, -0.2) is 9.97 Å². The molecule has 0 bridgehead atoms. The van der Waals surface area contributed by atoms with Crippen LogP contribution in [0.1, 0.15) is 11.4 Å². The van der Waals surface area contributed by atoms with Crippen LogP contribution in [0.4, 0.5) is 21.7 Å². The fourth-order valence-electron chi connectivity index (χ4n) is 1.47. The van der Waals surface area contributed by atoms with Gasteiger partial charge >= 0.3 is 0 Å². The number of hydrogen-bond donors (Lipinski definition) is 3. The highest BCUT2D eigenvalue weighted by Gasteiger charge is 2.11. The van der Waals surface area contributed by atoms with Gasteiger partial charge in [-0.1, -0.05) is 6.07 Å². The van der Waals surface area contributed by atoms with Gasteiger partial charge in [0, 0.05) is 0 Å². The van der Waals surface area contributed by atoms with E-state index in [4.69, 9.17) is 11.0 Å². The minimum absolute atomic E-state index is 0.0625. The lowest BCUT2D eigenvalue weighted by atomic mass is 10.2. The Labute approximate surface area is 97.1 Å². The Morgan fingerprint density at radius 1 is 1.53 bits per heavy atom. The second-order valence-corrected chi connectivity index (χ2v) is 3.48. The molecule has 5 nitrogen and oxygen atoms in total. The predicted octanol–water partition coefficient (Wildman–Crippen LogP) is 2.05. The van der Waals surface area contributed by atoms with Crippen molar-refractivity contribution in [3.8, 4) is 6.07 Å². The van der Waals surface area contributed by atoms with Crippen LogP contribution in [0.15, 0.2) is 18.2 Å². The number of aryl methyl sites for hydroxylation is 1. The van der Waals surface area contributed by atoms with Gasteiger partial charge in [-0.2, -0.15) is 5.26 Å². The molecule has 0 amide bonds. The van der Waals surface area contributed by atoms with Gasteiger partial charge in [-0.15, -0.1) is 0 Å². The summed E-state index contributed by atoms with van der Waals surface area (Å²) in [5.74, 6) is 0.781. The number of hydrogen-bond acceptors (Lipinski definition) is 4. The van der Waals surface area contributed by atoms with Gasteiger partial charge in [0.1, 0.15) is 29.1 Å². The van der Waals surface area contributed by atoms with E-state index in [1.54, 1.807) is 19.1 Å². The average Bonchev–Trinajstić information content (AvgIpc) is 2.58. The quantitative estimate of drug-likeness (QED) is 0.737. The molecule has 0 saturated carbocycles. The van der Waals surface area contributed by atoms with Gasteiger partial charge in [-0.05, 0) is 19.1 Å². The van der Waals surface area contributed by atoms with E-state index >= 15 is 0 Å². The molecule has 0 aliphatic carbocycles. The number of imidazole rings is 1. The van der Waals surface area contributed by atoms with Crippen LogP contribution in [0.2, 0.25) is 0 Å². The molecule has 0 radical (unpaired) electrons. The Morgan fingerprint density at radius 2 is 2.29 bits per heavy atom. The summed E-state index contributed by atoms with van der Waals surface area (Å²) in [7, 11) is 0. The first kappa shape index (κ1) is 11.0. The van der Waals surface area contributed by atoms with Crippen LogP contribution in [-0.2, 0) is 0 Å². The van der Waals surface area contributed by atoms with Crippen molar-refractivity contribution in [1.82, 2.24) is 9.97 Å². The Kier molecular flexibility index (Phi) is 2.66. The molecule has 0 aliphatic heterocycles. The highest BCUT2D eigenvalue weighted by molar-refractivity contribution is 5.70. The number of halogens is 1. The first-order valence-corrected chi connectivity index (χ1v) is 4.89. The number of rotatable bonds is 2. The van der Waals surface area contributed by atoms with Crippen molar-refractivity contribution < 1.29 is 4.39 Å². The third kappa shape index (κ3) is 2.03. The largest absolute Gasteiger partial charge is 0.382 e. The molecule has 0 fully saturated rings. The molecule has 0 atom stereocenters. The summed E-state index contributed by atoms with van der Waals surface area (Å²) in [5, 5.41) is 11.7. The van der Waals surface area contributed by atoms with Crippen LogP contribution in [0.3, 0.4) is 0 Å². The first-order chi connectivity index (χ1) is 8.11. The van der Waals surface area contributed by atoms with Crippen molar-refractivity contribution in [2.24, 2.45) is 0 Å². The van der Waals surface area contributed by atoms with E-state index in [1.807, 2.05) is 0 Å². The topological polar surface area (TPSA) is 90.5 Å². The number of aromatic amines is 1. The van der Waals surface area contributed by atoms with E-state index in [-0.39, 0.29) is 5.56 Å². The molecule has 6 heteroatoms. The van der Waals surface area contributed by atoms with Crippen molar-refractivity contribution in [3.05, 3.63) is 35.4 Å². The Balaban J connectivity index is 2.40. The number of nitriles is 1. The fourth-order valence-corrected chi connectivity index (χ4v) is 1.47. The number of nitrogens with zero attached hydrogens (tertiary/aromatic N) is 2. The van der Waals surface area contributed by atoms with E-state index in [2.05, 4.69) is 15.3 Å². The van der Waals surface area contributed by atoms with Gasteiger partial charge in [-0.25, -0.2) is 9.37 Å². The van der Waals surface area contributed by atoms with E-state index < -0.39 is 5.82 Å². The summed E-state index contributed by atoms with van der Waals surface area (Å²) in [4.78, 5) is 6.89. The van der Waals surface area contributed by atoms with Gasteiger partial charge in [0.15, 0.2) is 5.82 Å². The number of H-pyrrole nitrogens is 1. The molecule has 1 heterocycles. The Morgan fingerprint density at radius 3 is 2.88 bits per heavy atom. The molecule has 2 aromatic rings. The number of nitrogens with one attached hydrogen (secondary N) is 2. The molecule has 2 rings (SSSR count). The molecule has 0 aliphatic rings. The van der Waals surface area contributed by atoms with E-state index in [9.17, 15) is 4.39 Å². The Hall–Kier alpha value is -2.55. The SMILES string of the molecule is Cc1nc(Nc2cccc(F)c2C#N)c(N)[nH]1. The molecule has 0 spiro atoms. The summed E-state index contributed by atoms with van der Waals surface area (Å²) in [6.07, 6.45) is 0. The lowest BCUT2D eigenvalue weighted by Crippen LogP contribution is -1.99. The van der Waals surface area contributed by atoms with Crippen LogP contribution in [0.25, 0.3) is 0 Å². The standard InChI is InChI=1S/C11H10FN5/c1-6-15-10(14)11(16-6)17-9-4-2-3-8(12)7(9)5-13/h2-4,17H,14H2,1H3,(H,15,16). The zero-order chi connectivity index (χ0) is 12.4. The molecule has 4 N–H and O–H groups in total. The number of nitrogen functional groups attached to an aromatic ring is 1. The highest BCUT2D eigenvalue weighted by atomic mass is 19.1. The van der Waals surface area contributed by atoms with Crippen molar-refractivity contribution in [2.45, 2.75) is 6.92 Å². The summed E-state index contributed by atoms with van der Waals surface area (Å²) >= 11 is 0. The molecular formula is C11H10FN5.